The van der Waals surface area contributed by atoms with Crippen molar-refractivity contribution in [3.8, 4) is 0 Å². The van der Waals surface area contributed by atoms with E-state index in [-0.39, 0.29) is 17.9 Å². The summed E-state index contributed by atoms with van der Waals surface area (Å²) in [6.45, 7) is 10.9. The molecule has 3 heterocycles. The van der Waals surface area contributed by atoms with E-state index in [0.717, 1.165) is 6.07 Å². The zero-order valence-electron chi connectivity index (χ0n) is 22.9. The fraction of sp³-hybridized carbons (Fsp3) is 0.481. The van der Waals surface area contributed by atoms with Gasteiger partial charge in [0.1, 0.15) is 24.4 Å². The molecule has 1 saturated heterocycles. The molecule has 1 aliphatic rings. The lowest BCUT2D eigenvalue weighted by Gasteiger charge is -2.33. The van der Waals surface area contributed by atoms with Crippen molar-refractivity contribution in [2.24, 2.45) is 0 Å². The highest BCUT2D eigenvalue weighted by atomic mass is 31.2. The zero-order chi connectivity index (χ0) is 28.8. The minimum atomic E-state index is -4.46. The number of rotatable bonds is 4. The molecule has 0 radical (unpaired) electrons. The number of amides is 1. The Balaban J connectivity index is 1.62. The first-order valence-electron chi connectivity index (χ1n) is 12.7. The third-order valence-corrected chi connectivity index (χ3v) is 9.76. The number of carbonyl (C=O) groups excluding carboxylic acids is 1. The van der Waals surface area contributed by atoms with E-state index in [1.807, 2.05) is 0 Å². The van der Waals surface area contributed by atoms with Crippen LogP contribution in [0.2, 0.25) is 0 Å². The van der Waals surface area contributed by atoms with Crippen LogP contribution in [0.25, 0.3) is 11.0 Å². The van der Waals surface area contributed by atoms with E-state index in [1.165, 1.54) is 13.0 Å². The summed E-state index contributed by atoms with van der Waals surface area (Å²) in [5.41, 5.74) is -0.287. The second-order valence-electron chi connectivity index (χ2n) is 10.9. The molecule has 2 aromatic heterocycles. The Hall–Kier alpha value is -3.20. The number of halogens is 3. The van der Waals surface area contributed by atoms with E-state index in [1.54, 1.807) is 57.8 Å². The van der Waals surface area contributed by atoms with Crippen molar-refractivity contribution in [2.45, 2.75) is 59.4 Å². The molecule has 1 aromatic carbocycles. The fourth-order valence-corrected chi connectivity index (χ4v) is 7.21. The number of hydrogen-bond donors (Lipinski definition) is 1. The quantitative estimate of drug-likeness (QED) is 0.385. The number of pyridine rings is 1. The third-order valence-electron chi connectivity index (χ3n) is 6.73. The second-order valence-corrected chi connectivity index (χ2v) is 14.1. The minimum Gasteiger partial charge on any atom is -0.444 e. The van der Waals surface area contributed by atoms with Gasteiger partial charge in [-0.05, 0) is 64.8 Å². The number of anilines is 1. The number of ether oxygens (including phenoxy) is 1. The summed E-state index contributed by atoms with van der Waals surface area (Å²) in [6.07, 6.45) is -2.76. The highest BCUT2D eigenvalue weighted by molar-refractivity contribution is 7.71. The molecule has 1 fully saturated rings. The molecule has 1 atom stereocenters. The summed E-state index contributed by atoms with van der Waals surface area (Å²) in [5, 5.41) is 4.31. The van der Waals surface area contributed by atoms with Gasteiger partial charge in [-0.1, -0.05) is 12.1 Å². The molecular weight excluding hydrogens is 530 g/mol. The maximum absolute atomic E-state index is 13.9. The largest absolute Gasteiger partial charge is 0.444 e. The summed E-state index contributed by atoms with van der Waals surface area (Å²) in [5.74, 6) is 0.839. The van der Waals surface area contributed by atoms with Crippen molar-refractivity contribution < 1.29 is 27.3 Å². The molecule has 3 aromatic rings. The normalized spacial score (nSPS) is 16.7. The van der Waals surface area contributed by atoms with Gasteiger partial charge in [0.15, 0.2) is 5.65 Å². The highest BCUT2D eigenvalue weighted by Gasteiger charge is 2.35. The Morgan fingerprint density at radius 1 is 1.13 bits per heavy atom. The number of nitrogens with zero attached hydrogens (tertiary/aromatic N) is 4. The second kappa shape index (κ2) is 10.4. The Labute approximate surface area is 225 Å². The minimum absolute atomic E-state index is 0.139. The summed E-state index contributed by atoms with van der Waals surface area (Å²) < 4.78 is 59.8. The first kappa shape index (κ1) is 28.8. The Kier molecular flexibility index (Phi) is 7.69. The van der Waals surface area contributed by atoms with Gasteiger partial charge in [0, 0.05) is 36.9 Å². The molecule has 0 unspecified atom stereocenters. The van der Waals surface area contributed by atoms with Crippen LogP contribution in [-0.4, -0.2) is 57.0 Å². The molecular formula is C27H33F3N5O3P. The van der Waals surface area contributed by atoms with Crippen molar-refractivity contribution in [3.05, 3.63) is 53.0 Å². The summed E-state index contributed by atoms with van der Waals surface area (Å²) >= 11 is 0. The van der Waals surface area contributed by atoms with E-state index < -0.39 is 36.6 Å². The lowest BCUT2D eigenvalue weighted by molar-refractivity contribution is -0.138. The van der Waals surface area contributed by atoms with E-state index in [4.69, 9.17) is 4.74 Å². The molecule has 0 bridgehead atoms. The van der Waals surface area contributed by atoms with Gasteiger partial charge in [0.2, 0.25) is 0 Å². The standard InChI is InChI=1S/C27H33F3N5O3P/c1-16-20(8-7-9-22(16)27(28,29)30)17(2)32-24-21-14-19(15-31-23(21)33-18(3)34-24)39(37)12-10-35(11-13-39)25(36)38-26(4,5)6/h7-9,14-15,17H,10-13H2,1-6H3,(H,31,32,33,34)/t17-/m1/s1. The molecule has 4 rings (SSSR count). The van der Waals surface area contributed by atoms with Crippen LogP contribution in [0.15, 0.2) is 30.5 Å². The predicted octanol–water partition coefficient (Wildman–Crippen LogP) is 6.07. The third kappa shape index (κ3) is 6.35. The summed E-state index contributed by atoms with van der Waals surface area (Å²) in [4.78, 5) is 27.4. The summed E-state index contributed by atoms with van der Waals surface area (Å²) in [6, 6.07) is 5.35. The average Bonchev–Trinajstić information content (AvgIpc) is 2.82. The summed E-state index contributed by atoms with van der Waals surface area (Å²) in [7, 11) is -2.88. The van der Waals surface area contributed by atoms with E-state index in [2.05, 4.69) is 20.3 Å². The smallest absolute Gasteiger partial charge is 0.416 e. The van der Waals surface area contributed by atoms with Crippen molar-refractivity contribution in [1.82, 2.24) is 19.9 Å². The number of nitrogens with one attached hydrogen (secondary N) is 1. The Bertz CT molecular complexity index is 1440. The van der Waals surface area contributed by atoms with Crippen LogP contribution in [0.5, 0.6) is 0 Å². The van der Waals surface area contributed by atoms with E-state index >= 15 is 0 Å². The van der Waals surface area contributed by atoms with Crippen LogP contribution < -0.4 is 10.6 Å². The van der Waals surface area contributed by atoms with E-state index in [9.17, 15) is 22.5 Å². The predicted molar refractivity (Wildman–Crippen MR) is 145 cm³/mol. The topological polar surface area (TPSA) is 97.3 Å². The van der Waals surface area contributed by atoms with Gasteiger partial charge in [-0.15, -0.1) is 0 Å². The van der Waals surface area contributed by atoms with Gasteiger partial charge >= 0.3 is 12.3 Å². The van der Waals surface area contributed by atoms with Crippen LogP contribution in [0.4, 0.5) is 23.8 Å². The monoisotopic (exact) mass is 563 g/mol. The molecule has 8 nitrogen and oxygen atoms in total. The number of aryl methyl sites for hydroxylation is 1. The van der Waals surface area contributed by atoms with E-state index in [0.29, 0.717) is 46.6 Å². The lowest BCUT2D eigenvalue weighted by atomic mass is 9.97. The van der Waals surface area contributed by atoms with Crippen LogP contribution >= 0.6 is 7.14 Å². The van der Waals surface area contributed by atoms with Crippen LogP contribution in [0.1, 0.15) is 56.3 Å². The van der Waals surface area contributed by atoms with Crippen molar-refractivity contribution in [1.29, 1.82) is 0 Å². The fourth-order valence-electron chi connectivity index (χ4n) is 4.71. The van der Waals surface area contributed by atoms with Gasteiger partial charge in [0.25, 0.3) is 0 Å². The first-order valence-corrected chi connectivity index (χ1v) is 14.8. The maximum atomic E-state index is 13.9. The number of benzene rings is 1. The van der Waals surface area contributed by atoms with Crippen molar-refractivity contribution in [3.63, 3.8) is 0 Å². The SMILES string of the molecule is Cc1nc(N[C@H](C)c2cccc(C(F)(F)F)c2C)c2cc(P3(=O)CCN(C(=O)OC(C)(C)C)CC3)cnc2n1. The molecule has 0 spiro atoms. The van der Waals surface area contributed by atoms with Crippen LogP contribution in [-0.2, 0) is 15.5 Å². The molecule has 0 aliphatic carbocycles. The maximum Gasteiger partial charge on any atom is 0.416 e. The molecule has 0 saturated carbocycles. The highest BCUT2D eigenvalue weighted by Crippen LogP contribution is 2.47. The number of hydrogen-bond acceptors (Lipinski definition) is 7. The molecule has 39 heavy (non-hydrogen) atoms. The van der Waals surface area contributed by atoms with Crippen molar-refractivity contribution >= 4 is 35.4 Å². The number of carbonyl (C=O) groups is 1. The average molecular weight is 564 g/mol. The lowest BCUT2D eigenvalue weighted by Crippen LogP contribution is -2.43. The van der Waals surface area contributed by atoms with Gasteiger partial charge in [0.05, 0.1) is 17.0 Å². The Morgan fingerprint density at radius 2 is 1.79 bits per heavy atom. The van der Waals surface area contributed by atoms with Crippen molar-refractivity contribution in [2.75, 3.05) is 30.7 Å². The molecule has 1 amide bonds. The van der Waals surface area contributed by atoms with Gasteiger partial charge in [-0.3, -0.25) is 0 Å². The first-order chi connectivity index (χ1) is 18.1. The zero-order valence-corrected chi connectivity index (χ0v) is 23.8. The Morgan fingerprint density at radius 3 is 2.41 bits per heavy atom. The molecule has 210 valence electrons. The number of aromatic nitrogens is 3. The van der Waals surface area contributed by atoms with Gasteiger partial charge in [-0.25, -0.2) is 19.7 Å². The molecule has 1 aliphatic heterocycles. The van der Waals surface area contributed by atoms with Crippen LogP contribution in [0.3, 0.4) is 0 Å². The molecule has 12 heteroatoms. The number of fused-ring (bicyclic) bond motifs is 1. The van der Waals surface area contributed by atoms with Gasteiger partial charge in [-0.2, -0.15) is 13.2 Å². The number of alkyl halides is 3. The van der Waals surface area contributed by atoms with Crippen LogP contribution in [0, 0.1) is 13.8 Å². The molecule has 1 N–H and O–H groups in total. The van der Waals surface area contributed by atoms with Gasteiger partial charge < -0.3 is 19.5 Å².